The maximum absolute atomic E-state index is 5.85. The quantitative estimate of drug-likeness (QED) is 0.798. The molecule has 0 atom stereocenters. The summed E-state index contributed by atoms with van der Waals surface area (Å²) in [6, 6.07) is 8.27. The Labute approximate surface area is 137 Å². The van der Waals surface area contributed by atoms with E-state index in [-0.39, 0.29) is 5.60 Å². The molecule has 1 aromatic heterocycles. The normalized spacial score (nSPS) is 17.9. The molecule has 0 aliphatic carbocycles. The van der Waals surface area contributed by atoms with E-state index in [0.717, 1.165) is 46.8 Å². The van der Waals surface area contributed by atoms with E-state index in [1.807, 2.05) is 12.1 Å². The Morgan fingerprint density at radius 3 is 2.76 bits per heavy atom. The minimum Gasteiger partial charge on any atom is -0.381 e. The molecule has 112 valence electrons. The van der Waals surface area contributed by atoms with Crippen molar-refractivity contribution < 1.29 is 9.47 Å². The first-order valence-corrected chi connectivity index (χ1v) is 8.62. The fourth-order valence-corrected chi connectivity index (χ4v) is 4.26. The number of ether oxygens (including phenoxy) is 2. The topological polar surface area (TPSA) is 31.4 Å². The summed E-state index contributed by atoms with van der Waals surface area (Å²) in [5.41, 5.74) is 1.92. The number of hydrogen-bond acceptors (Lipinski definition) is 4. The van der Waals surface area contributed by atoms with Gasteiger partial charge < -0.3 is 9.47 Å². The van der Waals surface area contributed by atoms with Crippen LogP contribution in [0.3, 0.4) is 0 Å². The zero-order valence-electron chi connectivity index (χ0n) is 12.2. The highest BCUT2D eigenvalue weighted by Crippen LogP contribution is 2.40. The van der Waals surface area contributed by atoms with E-state index in [1.165, 1.54) is 4.88 Å². The van der Waals surface area contributed by atoms with Gasteiger partial charge in [0.1, 0.15) is 10.6 Å². The van der Waals surface area contributed by atoms with Crippen molar-refractivity contribution in [2.75, 3.05) is 20.3 Å². The number of aromatic nitrogens is 1. The molecule has 1 aliphatic heterocycles. The minimum atomic E-state index is -0.280. The van der Waals surface area contributed by atoms with Gasteiger partial charge >= 0.3 is 0 Å². The summed E-state index contributed by atoms with van der Waals surface area (Å²) in [5.74, 6) is 0. The second-order valence-corrected chi connectivity index (χ2v) is 7.36. The molecule has 0 amide bonds. The van der Waals surface area contributed by atoms with Crippen molar-refractivity contribution in [3.63, 3.8) is 0 Å². The zero-order valence-corrected chi connectivity index (χ0v) is 14.6. The number of aryl methyl sites for hydroxylation is 1. The lowest BCUT2D eigenvalue weighted by Gasteiger charge is -2.33. The Morgan fingerprint density at radius 2 is 2.10 bits per heavy atom. The Hall–Kier alpha value is -0.750. The second-order valence-electron chi connectivity index (χ2n) is 5.24. The van der Waals surface area contributed by atoms with Crippen LogP contribution < -0.4 is 0 Å². The molecule has 0 unspecified atom stereocenters. The predicted octanol–water partition coefficient (Wildman–Crippen LogP) is 4.53. The Morgan fingerprint density at radius 1 is 1.33 bits per heavy atom. The molecule has 3 nitrogen and oxygen atoms in total. The molecule has 5 heteroatoms. The Kier molecular flexibility index (Phi) is 4.45. The van der Waals surface area contributed by atoms with Crippen molar-refractivity contribution in [3.8, 4) is 11.3 Å². The number of halogens is 1. The van der Waals surface area contributed by atoms with Crippen LogP contribution in [-0.2, 0) is 15.1 Å². The average molecular weight is 368 g/mol. The third kappa shape index (κ3) is 2.93. The van der Waals surface area contributed by atoms with Crippen molar-refractivity contribution in [1.82, 2.24) is 4.98 Å². The molecule has 1 saturated heterocycles. The summed E-state index contributed by atoms with van der Waals surface area (Å²) in [4.78, 5) is 6.13. The molecule has 21 heavy (non-hydrogen) atoms. The standard InChI is InChI=1S/C16H18BrNO2S/c1-11-14(12-4-3-5-13(17)10-12)18-15(21-11)16(19-2)6-8-20-9-7-16/h3-5,10H,6-9H2,1-2H3. The van der Waals surface area contributed by atoms with E-state index in [4.69, 9.17) is 14.5 Å². The SMILES string of the molecule is COC1(c2nc(-c3cccc(Br)c3)c(C)s2)CCOCC1. The van der Waals surface area contributed by atoms with Crippen LogP contribution in [0.4, 0.5) is 0 Å². The van der Waals surface area contributed by atoms with E-state index in [1.54, 1.807) is 18.4 Å². The van der Waals surface area contributed by atoms with Gasteiger partial charge in [0.15, 0.2) is 0 Å². The van der Waals surface area contributed by atoms with Gasteiger partial charge in [-0.05, 0) is 19.1 Å². The lowest BCUT2D eigenvalue weighted by Crippen LogP contribution is -2.35. The van der Waals surface area contributed by atoms with E-state index in [9.17, 15) is 0 Å². The van der Waals surface area contributed by atoms with Crippen LogP contribution >= 0.6 is 27.3 Å². The van der Waals surface area contributed by atoms with Crippen molar-refractivity contribution in [3.05, 3.63) is 38.6 Å². The van der Waals surface area contributed by atoms with Gasteiger partial charge in [-0.2, -0.15) is 0 Å². The van der Waals surface area contributed by atoms with Gasteiger partial charge in [-0.3, -0.25) is 0 Å². The number of hydrogen-bond donors (Lipinski definition) is 0. The first-order chi connectivity index (χ1) is 10.1. The van der Waals surface area contributed by atoms with Gasteiger partial charge in [0.25, 0.3) is 0 Å². The summed E-state index contributed by atoms with van der Waals surface area (Å²) in [6.07, 6.45) is 1.74. The highest BCUT2D eigenvalue weighted by atomic mass is 79.9. The molecule has 1 aromatic carbocycles. The first-order valence-electron chi connectivity index (χ1n) is 7.01. The number of methoxy groups -OCH3 is 1. The van der Waals surface area contributed by atoms with E-state index < -0.39 is 0 Å². The van der Waals surface area contributed by atoms with Gasteiger partial charge in [-0.15, -0.1) is 11.3 Å². The number of rotatable bonds is 3. The molecule has 0 radical (unpaired) electrons. The number of benzene rings is 1. The predicted molar refractivity (Wildman–Crippen MR) is 88.7 cm³/mol. The molecule has 0 N–H and O–H groups in total. The third-order valence-electron chi connectivity index (χ3n) is 3.98. The fourth-order valence-electron chi connectivity index (χ4n) is 2.70. The van der Waals surface area contributed by atoms with Gasteiger partial charge in [0.2, 0.25) is 0 Å². The molecule has 2 aromatic rings. The third-order valence-corrected chi connectivity index (χ3v) is 5.63. The molecular weight excluding hydrogens is 350 g/mol. The largest absolute Gasteiger partial charge is 0.381 e. The molecule has 0 saturated carbocycles. The van der Waals surface area contributed by atoms with Crippen LogP contribution in [0, 0.1) is 6.92 Å². The van der Waals surface area contributed by atoms with E-state index in [2.05, 4.69) is 35.0 Å². The molecule has 3 rings (SSSR count). The van der Waals surface area contributed by atoms with Crippen LogP contribution in [0.2, 0.25) is 0 Å². The van der Waals surface area contributed by atoms with Gasteiger partial charge in [0, 0.05) is 48.1 Å². The van der Waals surface area contributed by atoms with Gasteiger partial charge in [-0.1, -0.05) is 28.1 Å². The summed E-state index contributed by atoms with van der Waals surface area (Å²) in [5, 5.41) is 1.07. The summed E-state index contributed by atoms with van der Waals surface area (Å²) >= 11 is 5.26. The minimum absolute atomic E-state index is 0.280. The second kappa shape index (κ2) is 6.16. The van der Waals surface area contributed by atoms with Crippen LogP contribution in [0.1, 0.15) is 22.7 Å². The van der Waals surface area contributed by atoms with Crippen molar-refractivity contribution in [2.24, 2.45) is 0 Å². The van der Waals surface area contributed by atoms with Crippen molar-refractivity contribution in [2.45, 2.75) is 25.4 Å². The van der Waals surface area contributed by atoms with Crippen LogP contribution in [-0.4, -0.2) is 25.3 Å². The maximum Gasteiger partial charge on any atom is 0.126 e. The maximum atomic E-state index is 5.85. The molecular formula is C16H18BrNO2S. The smallest absolute Gasteiger partial charge is 0.126 e. The summed E-state index contributed by atoms with van der Waals surface area (Å²) in [7, 11) is 1.78. The van der Waals surface area contributed by atoms with Gasteiger partial charge in [-0.25, -0.2) is 4.98 Å². The summed E-state index contributed by atoms with van der Waals surface area (Å²) in [6.45, 7) is 3.59. The molecule has 1 fully saturated rings. The lowest BCUT2D eigenvalue weighted by molar-refractivity contribution is -0.0947. The highest BCUT2D eigenvalue weighted by molar-refractivity contribution is 9.10. The number of thiazole rings is 1. The van der Waals surface area contributed by atoms with Crippen LogP contribution in [0.15, 0.2) is 28.7 Å². The van der Waals surface area contributed by atoms with Crippen LogP contribution in [0.5, 0.6) is 0 Å². The van der Waals surface area contributed by atoms with E-state index >= 15 is 0 Å². The van der Waals surface area contributed by atoms with E-state index in [0.29, 0.717) is 0 Å². The van der Waals surface area contributed by atoms with Crippen molar-refractivity contribution >= 4 is 27.3 Å². The molecule has 1 aliphatic rings. The molecule has 0 bridgehead atoms. The Bertz CT molecular complexity index is 635. The molecule has 0 spiro atoms. The Balaban J connectivity index is 2.01. The lowest BCUT2D eigenvalue weighted by atomic mass is 9.95. The summed E-state index contributed by atoms with van der Waals surface area (Å²) < 4.78 is 12.4. The monoisotopic (exact) mass is 367 g/mol. The van der Waals surface area contributed by atoms with Crippen molar-refractivity contribution in [1.29, 1.82) is 0 Å². The van der Waals surface area contributed by atoms with Gasteiger partial charge in [0.05, 0.1) is 5.69 Å². The van der Waals surface area contributed by atoms with Crippen LogP contribution in [0.25, 0.3) is 11.3 Å². The molecule has 2 heterocycles. The number of nitrogens with zero attached hydrogens (tertiary/aromatic N) is 1. The fraction of sp³-hybridized carbons (Fsp3) is 0.438. The average Bonchev–Trinajstić information content (AvgIpc) is 2.90. The first kappa shape index (κ1) is 15.2. The highest BCUT2D eigenvalue weighted by Gasteiger charge is 2.38. The zero-order chi connectivity index (χ0) is 14.9.